The van der Waals surface area contributed by atoms with Gasteiger partial charge >= 0.3 is 8.32 Å². The molecule has 156 valence electrons. The third kappa shape index (κ3) is 4.08. The van der Waals surface area contributed by atoms with Crippen molar-refractivity contribution in [2.75, 3.05) is 0 Å². The summed E-state index contributed by atoms with van der Waals surface area (Å²) in [5.41, 5.74) is 1.89. The minimum absolute atomic E-state index is 0.0897. The normalized spacial score (nSPS) is 13.0. The van der Waals surface area contributed by atoms with E-state index in [-0.39, 0.29) is 16.7 Å². The predicted octanol–water partition coefficient (Wildman–Crippen LogP) is 6.01. The lowest BCUT2D eigenvalue weighted by Crippen LogP contribution is -2.68. The topological polar surface area (TPSA) is 29.5 Å². The maximum absolute atomic E-state index is 10.7. The van der Waals surface area contributed by atoms with E-state index < -0.39 is 8.32 Å². The first-order valence-corrected chi connectivity index (χ1v) is 12.4. The highest BCUT2D eigenvalue weighted by molar-refractivity contribution is 7.00. The van der Waals surface area contributed by atoms with Gasteiger partial charge in [0.15, 0.2) is 0 Å². The Balaban J connectivity index is 2.17. The third-order valence-electron chi connectivity index (χ3n) is 5.90. The molecule has 1 N–H and O–H groups in total. The van der Waals surface area contributed by atoms with Gasteiger partial charge in [0.25, 0.3) is 0 Å². The van der Waals surface area contributed by atoms with Crippen molar-refractivity contribution in [3.05, 3.63) is 96.6 Å². The summed E-state index contributed by atoms with van der Waals surface area (Å²) in [5.74, 6) is 1.03. The van der Waals surface area contributed by atoms with E-state index >= 15 is 0 Å². The number of aromatic hydroxyl groups is 1. The minimum atomic E-state index is -2.71. The summed E-state index contributed by atoms with van der Waals surface area (Å²) in [6, 6.07) is 26.7. The largest absolute Gasteiger partial charge is 0.534 e. The van der Waals surface area contributed by atoms with E-state index in [1.165, 1.54) is 10.4 Å². The summed E-state index contributed by atoms with van der Waals surface area (Å²) >= 11 is 0. The second-order valence-electron chi connectivity index (χ2n) is 9.05. The zero-order chi connectivity index (χ0) is 21.9. The van der Waals surface area contributed by atoms with Crippen LogP contribution in [0.25, 0.3) is 0 Å². The van der Waals surface area contributed by atoms with Gasteiger partial charge in [-0.05, 0) is 28.4 Å². The number of phenolic OH excluding ortho intramolecular Hbond substituents is 1. The van der Waals surface area contributed by atoms with Gasteiger partial charge < -0.3 is 9.53 Å². The summed E-state index contributed by atoms with van der Waals surface area (Å²) in [7, 11) is -2.71. The Labute approximate surface area is 182 Å². The molecule has 0 aromatic heterocycles. The van der Waals surface area contributed by atoms with Crippen LogP contribution in [0.15, 0.2) is 91.0 Å². The van der Waals surface area contributed by atoms with E-state index in [0.717, 1.165) is 11.1 Å². The lowest BCUT2D eigenvalue weighted by molar-refractivity contribution is 0.456. The molecule has 3 aromatic rings. The highest BCUT2D eigenvalue weighted by Crippen LogP contribution is 2.39. The van der Waals surface area contributed by atoms with Crippen molar-refractivity contribution < 1.29 is 9.53 Å². The van der Waals surface area contributed by atoms with Crippen molar-refractivity contribution >= 4 is 18.7 Å². The van der Waals surface area contributed by atoms with E-state index in [1.54, 1.807) is 6.07 Å². The first kappa shape index (κ1) is 21.9. The molecule has 0 aliphatic heterocycles. The van der Waals surface area contributed by atoms with Crippen LogP contribution in [-0.2, 0) is 0 Å². The molecule has 0 aliphatic carbocycles. The predicted molar refractivity (Wildman–Crippen MR) is 130 cm³/mol. The summed E-state index contributed by atoms with van der Waals surface area (Å²) in [6.07, 6.45) is 0. The van der Waals surface area contributed by atoms with Crippen LogP contribution in [0, 0.1) is 0 Å². The Morgan fingerprint density at radius 3 is 1.80 bits per heavy atom. The number of phenols is 1. The van der Waals surface area contributed by atoms with Crippen molar-refractivity contribution in [3.8, 4) is 11.5 Å². The van der Waals surface area contributed by atoms with Gasteiger partial charge in [-0.1, -0.05) is 107 Å². The van der Waals surface area contributed by atoms with Gasteiger partial charge in [0, 0.05) is 17.5 Å². The number of rotatable bonds is 6. The van der Waals surface area contributed by atoms with Crippen LogP contribution in [-0.4, -0.2) is 13.4 Å². The van der Waals surface area contributed by atoms with Crippen LogP contribution in [0.3, 0.4) is 0 Å². The van der Waals surface area contributed by atoms with Crippen molar-refractivity contribution in [2.45, 2.75) is 45.6 Å². The summed E-state index contributed by atoms with van der Waals surface area (Å²) in [6.45, 7) is 14.8. The van der Waals surface area contributed by atoms with E-state index in [4.69, 9.17) is 4.43 Å². The average Bonchev–Trinajstić information content (AvgIpc) is 2.72. The van der Waals surface area contributed by atoms with E-state index in [2.05, 4.69) is 82.8 Å². The van der Waals surface area contributed by atoms with Gasteiger partial charge in [0.05, 0.1) is 0 Å². The van der Waals surface area contributed by atoms with E-state index in [0.29, 0.717) is 5.75 Å². The highest BCUT2D eigenvalue weighted by atomic mass is 28.4. The Morgan fingerprint density at radius 2 is 1.40 bits per heavy atom. The standard InChI is InChI=1S/C27H32O2Si/c1-20(2)21(3)25-18-17-22(19-26(25)28)29-30(27(4,5)6,23-13-9-7-10-14-23)24-15-11-8-12-16-24/h7-19,21,28H,1H2,2-6H3. The highest BCUT2D eigenvalue weighted by Gasteiger charge is 2.52. The van der Waals surface area contributed by atoms with Gasteiger partial charge in [0.2, 0.25) is 0 Å². The number of hydrogen-bond acceptors (Lipinski definition) is 2. The average molecular weight is 417 g/mol. The maximum Gasteiger partial charge on any atom is 0.319 e. The number of benzene rings is 3. The maximum atomic E-state index is 10.7. The Morgan fingerprint density at radius 1 is 0.900 bits per heavy atom. The van der Waals surface area contributed by atoms with Gasteiger partial charge in [-0.2, -0.15) is 0 Å². The van der Waals surface area contributed by atoms with Crippen molar-refractivity contribution in [3.63, 3.8) is 0 Å². The first-order valence-electron chi connectivity index (χ1n) is 10.4. The molecule has 3 aromatic carbocycles. The Bertz CT molecular complexity index is 965. The fourth-order valence-electron chi connectivity index (χ4n) is 4.04. The molecule has 0 fully saturated rings. The number of allylic oxidation sites excluding steroid dienone is 1. The van der Waals surface area contributed by atoms with E-state index in [9.17, 15) is 5.11 Å². The van der Waals surface area contributed by atoms with Crippen molar-refractivity contribution in [1.29, 1.82) is 0 Å². The molecule has 0 bridgehead atoms. The van der Waals surface area contributed by atoms with Gasteiger partial charge in [-0.25, -0.2) is 0 Å². The Kier molecular flexibility index (Phi) is 6.23. The molecule has 0 aliphatic rings. The van der Waals surface area contributed by atoms with Crippen LogP contribution >= 0.6 is 0 Å². The van der Waals surface area contributed by atoms with Crippen LogP contribution in [0.1, 0.15) is 46.1 Å². The van der Waals surface area contributed by atoms with Gasteiger partial charge in [-0.15, -0.1) is 0 Å². The quantitative estimate of drug-likeness (QED) is 0.394. The molecule has 1 atom stereocenters. The molecule has 0 amide bonds. The summed E-state index contributed by atoms with van der Waals surface area (Å²) in [5, 5.41) is 13.0. The van der Waals surface area contributed by atoms with Gasteiger partial charge in [0.1, 0.15) is 11.5 Å². The molecular weight excluding hydrogens is 384 g/mol. The Hall–Kier alpha value is -2.78. The second kappa shape index (κ2) is 8.53. The summed E-state index contributed by atoms with van der Waals surface area (Å²) < 4.78 is 6.97. The molecule has 0 heterocycles. The number of hydrogen-bond donors (Lipinski definition) is 1. The molecule has 3 rings (SSSR count). The van der Waals surface area contributed by atoms with Crippen LogP contribution < -0.4 is 14.8 Å². The molecule has 0 saturated carbocycles. The lowest BCUT2D eigenvalue weighted by Gasteiger charge is -2.43. The molecule has 1 unspecified atom stereocenters. The molecule has 2 nitrogen and oxygen atoms in total. The zero-order valence-electron chi connectivity index (χ0n) is 18.6. The fourth-order valence-corrected chi connectivity index (χ4v) is 8.46. The van der Waals surface area contributed by atoms with E-state index in [1.807, 2.05) is 31.2 Å². The second-order valence-corrected chi connectivity index (χ2v) is 13.3. The third-order valence-corrected chi connectivity index (χ3v) is 10.8. The van der Waals surface area contributed by atoms with Crippen molar-refractivity contribution in [1.82, 2.24) is 0 Å². The van der Waals surface area contributed by atoms with Crippen molar-refractivity contribution in [2.24, 2.45) is 0 Å². The fraction of sp³-hybridized carbons (Fsp3) is 0.259. The monoisotopic (exact) mass is 416 g/mol. The molecule has 3 heteroatoms. The molecule has 0 radical (unpaired) electrons. The smallest absolute Gasteiger partial charge is 0.319 e. The van der Waals surface area contributed by atoms with Gasteiger partial charge in [-0.3, -0.25) is 0 Å². The van der Waals surface area contributed by atoms with Crippen LogP contribution in [0.5, 0.6) is 11.5 Å². The lowest BCUT2D eigenvalue weighted by atomic mass is 9.94. The molecule has 30 heavy (non-hydrogen) atoms. The summed E-state index contributed by atoms with van der Waals surface area (Å²) in [4.78, 5) is 0. The minimum Gasteiger partial charge on any atom is -0.534 e. The first-order chi connectivity index (χ1) is 14.2. The zero-order valence-corrected chi connectivity index (χ0v) is 19.6. The van der Waals surface area contributed by atoms with Crippen LogP contribution in [0.2, 0.25) is 5.04 Å². The SMILES string of the molecule is C=C(C)C(C)c1ccc(O[Si](c2ccccc2)(c2ccccc2)C(C)(C)C)cc1O. The molecule has 0 spiro atoms. The van der Waals surface area contributed by atoms with Crippen LogP contribution in [0.4, 0.5) is 0 Å². The molecular formula is C27H32O2Si. The molecule has 0 saturated heterocycles.